The minimum Gasteiger partial charge on any atom is -0.330 e. The molecule has 188 valence electrons. The predicted octanol–water partition coefficient (Wildman–Crippen LogP) is 4.94. The molecule has 0 N–H and O–H groups in total. The Labute approximate surface area is 217 Å². The van der Waals surface area contributed by atoms with E-state index >= 15 is 0 Å². The number of carbonyl (C=O) groups excluding carboxylic acids is 2. The van der Waals surface area contributed by atoms with Gasteiger partial charge in [0.15, 0.2) is 0 Å². The van der Waals surface area contributed by atoms with Gasteiger partial charge in [0.05, 0.1) is 30.9 Å². The lowest BCUT2D eigenvalue weighted by molar-refractivity contribution is -0.164. The van der Waals surface area contributed by atoms with Crippen LogP contribution in [0.4, 0.5) is 0 Å². The van der Waals surface area contributed by atoms with Crippen LogP contribution in [0, 0.1) is 11.3 Å². The Hall–Kier alpha value is -3.63. The fourth-order valence-corrected chi connectivity index (χ4v) is 3.88. The first-order valence-electron chi connectivity index (χ1n) is 12.0. The van der Waals surface area contributed by atoms with E-state index in [0.29, 0.717) is 25.1 Å². The summed E-state index contributed by atoms with van der Waals surface area (Å²) in [5, 5.41) is 12.1. The number of nitriles is 1. The molecule has 0 aliphatic rings. The zero-order valence-electron chi connectivity index (χ0n) is 21.0. The molecule has 1 atom stereocenters. The molecule has 1 heterocycles. The highest BCUT2D eigenvalue weighted by Gasteiger charge is 2.28. The van der Waals surface area contributed by atoms with E-state index in [-0.39, 0.29) is 24.8 Å². The highest BCUT2D eigenvalue weighted by atomic mass is 35.5. The molecule has 8 heteroatoms. The summed E-state index contributed by atoms with van der Waals surface area (Å²) in [7, 11) is 0. The van der Waals surface area contributed by atoms with E-state index in [2.05, 4.69) is 11.1 Å². The van der Waals surface area contributed by atoms with Crippen LogP contribution in [-0.4, -0.2) is 42.8 Å². The Morgan fingerprint density at radius 1 is 1.08 bits per heavy atom. The number of imidazole rings is 1. The summed E-state index contributed by atoms with van der Waals surface area (Å²) in [6.07, 6.45) is 4.75. The third kappa shape index (κ3) is 7.43. The van der Waals surface area contributed by atoms with Crippen LogP contribution in [0.2, 0.25) is 0 Å². The summed E-state index contributed by atoms with van der Waals surface area (Å²) in [5.74, 6) is -0.419. The van der Waals surface area contributed by atoms with Gasteiger partial charge in [0.1, 0.15) is 0 Å². The smallest absolute Gasteiger partial charge is 0.247 e. The lowest BCUT2D eigenvalue weighted by atomic mass is 10.0. The molecule has 0 unspecified atom stereocenters. The number of halogens is 1. The second-order valence-electron chi connectivity index (χ2n) is 9.09. The van der Waals surface area contributed by atoms with E-state index in [1.165, 1.54) is 16.9 Å². The van der Waals surface area contributed by atoms with Gasteiger partial charge in [-0.3, -0.25) is 14.6 Å². The van der Waals surface area contributed by atoms with Crippen LogP contribution in [0.15, 0.2) is 67.1 Å². The van der Waals surface area contributed by atoms with Gasteiger partial charge < -0.3 is 4.57 Å². The lowest BCUT2D eigenvalue weighted by Crippen LogP contribution is -2.50. The monoisotopic (exact) mass is 505 g/mol. The Balaban J connectivity index is 1.83. The third-order valence-corrected chi connectivity index (χ3v) is 6.72. The summed E-state index contributed by atoms with van der Waals surface area (Å²) < 4.78 is 1.91. The molecule has 0 saturated heterocycles. The molecule has 3 aromatic rings. The minimum absolute atomic E-state index is 0.0822. The van der Waals surface area contributed by atoms with E-state index in [0.717, 1.165) is 23.2 Å². The second-order valence-corrected chi connectivity index (χ2v) is 10.0. The van der Waals surface area contributed by atoms with Gasteiger partial charge >= 0.3 is 0 Å². The number of amides is 2. The Kier molecular flexibility index (Phi) is 9.26. The molecule has 0 aliphatic heterocycles. The molecule has 1 aromatic heterocycles. The number of hydrogen-bond donors (Lipinski definition) is 0. The molecule has 0 spiro atoms. The molecule has 36 heavy (non-hydrogen) atoms. The molecular formula is C28H32ClN5O2. The number of benzene rings is 2. The summed E-state index contributed by atoms with van der Waals surface area (Å²) >= 11 is 6.58. The van der Waals surface area contributed by atoms with E-state index in [9.17, 15) is 9.59 Å². The quantitative estimate of drug-likeness (QED) is 0.289. The van der Waals surface area contributed by atoms with Crippen molar-refractivity contribution in [3.05, 3.63) is 89.5 Å². The molecule has 3 rings (SSSR count). The minimum atomic E-state index is -0.463. The number of hydrazine groups is 1. The first kappa shape index (κ1) is 27.0. The van der Waals surface area contributed by atoms with Gasteiger partial charge in [-0.15, -0.1) is 11.6 Å². The fourth-order valence-electron chi connectivity index (χ4n) is 3.79. The molecule has 7 nitrogen and oxygen atoms in total. The average Bonchev–Trinajstić information content (AvgIpc) is 3.30. The van der Waals surface area contributed by atoms with Crippen LogP contribution in [0.3, 0.4) is 0 Å². The Morgan fingerprint density at radius 2 is 1.78 bits per heavy atom. The van der Waals surface area contributed by atoms with Crippen LogP contribution in [-0.2, 0) is 29.1 Å². The summed E-state index contributed by atoms with van der Waals surface area (Å²) in [5.41, 5.74) is 3.25. The SMILES string of the molecule is CC[C@](C)(Cl)CCN(C(C)=O)N(Cc1ccccc1)C(=O)Cc1cncn1Cc1ccc(C#N)cc1. The van der Waals surface area contributed by atoms with E-state index in [1.807, 2.05) is 60.9 Å². The first-order chi connectivity index (χ1) is 17.2. The van der Waals surface area contributed by atoms with Crippen LogP contribution >= 0.6 is 11.6 Å². The average molecular weight is 506 g/mol. The van der Waals surface area contributed by atoms with Gasteiger partial charge in [0, 0.05) is 36.8 Å². The van der Waals surface area contributed by atoms with Crippen molar-refractivity contribution in [2.24, 2.45) is 0 Å². The van der Waals surface area contributed by atoms with Crippen molar-refractivity contribution in [2.45, 2.75) is 58.0 Å². The second kappa shape index (κ2) is 12.4. The zero-order valence-corrected chi connectivity index (χ0v) is 21.8. The Bertz CT molecular complexity index is 1200. The van der Waals surface area contributed by atoms with Crippen molar-refractivity contribution in [2.75, 3.05) is 6.54 Å². The molecule has 0 radical (unpaired) electrons. The highest BCUT2D eigenvalue weighted by molar-refractivity contribution is 6.23. The predicted molar refractivity (Wildman–Crippen MR) is 140 cm³/mol. The number of hydrogen-bond acceptors (Lipinski definition) is 4. The number of nitrogens with zero attached hydrogens (tertiary/aromatic N) is 5. The van der Waals surface area contributed by atoms with Gasteiger partial charge in [0.25, 0.3) is 0 Å². The van der Waals surface area contributed by atoms with Crippen molar-refractivity contribution >= 4 is 23.4 Å². The maximum Gasteiger partial charge on any atom is 0.247 e. The lowest BCUT2D eigenvalue weighted by Gasteiger charge is -2.36. The van der Waals surface area contributed by atoms with E-state index in [4.69, 9.17) is 16.9 Å². The number of aromatic nitrogens is 2. The van der Waals surface area contributed by atoms with Crippen LogP contribution < -0.4 is 0 Å². The molecule has 2 amide bonds. The standard InChI is InChI=1S/C28H32ClN5O2/c1-4-28(3,29)14-15-33(22(2)35)34(20-24-8-6-5-7-9-24)27(36)16-26-18-31-21-32(26)19-25-12-10-23(17-30)11-13-25/h5-13,18,21H,4,14-16,19-20H2,1-3H3/t28-/m0/s1. The van der Waals surface area contributed by atoms with Gasteiger partial charge in [0.2, 0.25) is 11.8 Å². The van der Waals surface area contributed by atoms with Crippen LogP contribution in [0.1, 0.15) is 56.0 Å². The van der Waals surface area contributed by atoms with E-state index in [1.54, 1.807) is 24.7 Å². The molecule has 0 fully saturated rings. The van der Waals surface area contributed by atoms with Crippen molar-refractivity contribution < 1.29 is 9.59 Å². The van der Waals surface area contributed by atoms with Gasteiger partial charge in [-0.1, -0.05) is 49.4 Å². The highest BCUT2D eigenvalue weighted by Crippen LogP contribution is 2.24. The normalized spacial score (nSPS) is 12.4. The number of rotatable bonds is 10. The topological polar surface area (TPSA) is 82.2 Å². The van der Waals surface area contributed by atoms with Gasteiger partial charge in [-0.25, -0.2) is 9.99 Å². The van der Waals surface area contributed by atoms with Gasteiger partial charge in [-0.05, 0) is 43.0 Å². The Morgan fingerprint density at radius 3 is 2.39 bits per heavy atom. The largest absolute Gasteiger partial charge is 0.330 e. The van der Waals surface area contributed by atoms with Crippen molar-refractivity contribution in [1.82, 2.24) is 19.6 Å². The summed E-state index contributed by atoms with van der Waals surface area (Å²) in [6, 6.07) is 19.0. The molecular weight excluding hydrogens is 474 g/mol. The van der Waals surface area contributed by atoms with Gasteiger partial charge in [-0.2, -0.15) is 5.26 Å². The maximum absolute atomic E-state index is 13.7. The maximum atomic E-state index is 13.7. The van der Waals surface area contributed by atoms with Crippen molar-refractivity contribution in [1.29, 1.82) is 5.26 Å². The van der Waals surface area contributed by atoms with Crippen molar-refractivity contribution in [3.8, 4) is 6.07 Å². The summed E-state index contributed by atoms with van der Waals surface area (Å²) in [6.45, 7) is 6.55. The van der Waals surface area contributed by atoms with Crippen molar-refractivity contribution in [3.63, 3.8) is 0 Å². The number of alkyl halides is 1. The summed E-state index contributed by atoms with van der Waals surface area (Å²) in [4.78, 5) is 30.1. The van der Waals surface area contributed by atoms with E-state index < -0.39 is 4.87 Å². The van der Waals surface area contributed by atoms with Crippen LogP contribution in [0.5, 0.6) is 0 Å². The molecule has 0 saturated carbocycles. The molecule has 0 bridgehead atoms. The number of carbonyl (C=O) groups is 2. The zero-order chi connectivity index (χ0) is 26.1. The molecule has 0 aliphatic carbocycles. The first-order valence-corrected chi connectivity index (χ1v) is 12.4. The third-order valence-electron chi connectivity index (χ3n) is 6.27. The fraction of sp³-hybridized carbons (Fsp3) is 0.357. The molecule has 2 aromatic carbocycles. The van der Waals surface area contributed by atoms with Crippen LogP contribution in [0.25, 0.3) is 0 Å².